The molecule has 3 aliphatic rings. The smallest absolute Gasteiger partial charge is 0.418 e. The van der Waals surface area contributed by atoms with Gasteiger partial charge in [0.05, 0.1) is 23.1 Å². The van der Waals surface area contributed by atoms with Crippen LogP contribution in [-0.4, -0.2) is 23.9 Å². The first-order valence-electron chi connectivity index (χ1n) is 10.3. The van der Waals surface area contributed by atoms with Crippen LogP contribution in [0, 0.1) is 23.7 Å². The summed E-state index contributed by atoms with van der Waals surface area (Å²) in [5.41, 5.74) is -0.878. The standard InChI is InChI=1S/C23H19F3N2O4/c24-23(25,26)15-6-1-2-7-16(15)28-20(29)11-4-3-5-13(8-11)27-21(30)18-12-9-14-17(10-12)32-22(31)19(14)18/h1-8,12,14,17-19H,9-10H2,(H,27,30)(H,28,29)/t12-,14+,17+,18-,19+/m1/s1. The lowest BCUT2D eigenvalue weighted by atomic mass is 9.79. The van der Waals surface area contributed by atoms with Gasteiger partial charge in [0.15, 0.2) is 0 Å². The highest BCUT2D eigenvalue weighted by molar-refractivity contribution is 6.06. The largest absolute Gasteiger partial charge is 0.462 e. The SMILES string of the molecule is O=C(Nc1ccccc1C(F)(F)F)c1cccc(NC(=O)[C@@H]2[C@@H]3C[C@@H]4[C@@H]2C(=O)O[C@H]4C3)c1. The van der Waals surface area contributed by atoms with E-state index in [2.05, 4.69) is 10.6 Å². The minimum Gasteiger partial charge on any atom is -0.462 e. The molecule has 0 spiro atoms. The van der Waals surface area contributed by atoms with Crippen molar-refractivity contribution in [3.8, 4) is 0 Å². The number of carbonyl (C=O) groups is 3. The highest BCUT2D eigenvalue weighted by atomic mass is 19.4. The van der Waals surface area contributed by atoms with E-state index in [1.54, 1.807) is 6.07 Å². The molecule has 2 aromatic carbocycles. The van der Waals surface area contributed by atoms with E-state index in [-0.39, 0.29) is 41.1 Å². The van der Waals surface area contributed by atoms with Gasteiger partial charge in [-0.2, -0.15) is 13.2 Å². The monoisotopic (exact) mass is 444 g/mol. The van der Waals surface area contributed by atoms with Crippen molar-refractivity contribution in [3.05, 3.63) is 59.7 Å². The molecule has 9 heteroatoms. The van der Waals surface area contributed by atoms with E-state index in [1.807, 2.05) is 0 Å². The Balaban J connectivity index is 1.31. The molecule has 166 valence electrons. The molecule has 0 radical (unpaired) electrons. The summed E-state index contributed by atoms with van der Waals surface area (Å²) >= 11 is 0. The van der Waals surface area contributed by atoms with Crippen molar-refractivity contribution in [3.63, 3.8) is 0 Å². The Labute approximate surface area is 181 Å². The normalized spacial score (nSPS) is 27.8. The number of anilines is 2. The van der Waals surface area contributed by atoms with Gasteiger partial charge in [0, 0.05) is 17.2 Å². The van der Waals surface area contributed by atoms with E-state index in [0.29, 0.717) is 12.1 Å². The molecule has 5 atom stereocenters. The van der Waals surface area contributed by atoms with Gasteiger partial charge >= 0.3 is 12.1 Å². The van der Waals surface area contributed by atoms with Gasteiger partial charge in [-0.3, -0.25) is 14.4 Å². The van der Waals surface area contributed by atoms with E-state index in [9.17, 15) is 27.6 Å². The summed E-state index contributed by atoms with van der Waals surface area (Å²) in [6.07, 6.45) is -3.21. The van der Waals surface area contributed by atoms with Crippen LogP contribution in [0.3, 0.4) is 0 Å². The maximum absolute atomic E-state index is 13.2. The van der Waals surface area contributed by atoms with Gasteiger partial charge in [-0.25, -0.2) is 0 Å². The molecule has 2 aromatic rings. The number of para-hydroxylation sites is 1. The molecule has 0 aromatic heterocycles. The molecule has 2 saturated carbocycles. The van der Waals surface area contributed by atoms with Crippen molar-refractivity contribution in [2.75, 3.05) is 10.6 Å². The summed E-state index contributed by atoms with van der Waals surface area (Å²) in [7, 11) is 0. The Morgan fingerprint density at radius 1 is 1.00 bits per heavy atom. The number of benzene rings is 2. The van der Waals surface area contributed by atoms with E-state index in [4.69, 9.17) is 4.74 Å². The summed E-state index contributed by atoms with van der Waals surface area (Å²) in [6, 6.07) is 10.7. The Bertz CT molecular complexity index is 1110. The maximum Gasteiger partial charge on any atom is 0.418 e. The van der Waals surface area contributed by atoms with Crippen LogP contribution >= 0.6 is 0 Å². The van der Waals surface area contributed by atoms with Crippen molar-refractivity contribution in [2.45, 2.75) is 25.1 Å². The Kier molecular flexibility index (Phi) is 4.72. The topological polar surface area (TPSA) is 84.5 Å². The van der Waals surface area contributed by atoms with Crippen LogP contribution in [-0.2, 0) is 20.5 Å². The highest BCUT2D eigenvalue weighted by Gasteiger charge is 2.63. The van der Waals surface area contributed by atoms with E-state index in [0.717, 1.165) is 12.5 Å². The number of fused-ring (bicyclic) bond motifs is 1. The van der Waals surface area contributed by atoms with Crippen LogP contribution < -0.4 is 10.6 Å². The predicted octanol–water partition coefficient (Wildman–Crippen LogP) is 4.09. The van der Waals surface area contributed by atoms with Gasteiger partial charge in [0.25, 0.3) is 5.91 Å². The fraction of sp³-hybridized carbons (Fsp3) is 0.348. The number of esters is 1. The predicted molar refractivity (Wildman–Crippen MR) is 108 cm³/mol. The first-order chi connectivity index (χ1) is 15.2. The minimum atomic E-state index is -4.61. The third kappa shape index (κ3) is 3.41. The zero-order chi connectivity index (χ0) is 22.6. The minimum absolute atomic E-state index is 0.0758. The number of rotatable bonds is 4. The number of ether oxygens (including phenoxy) is 1. The second-order valence-electron chi connectivity index (χ2n) is 8.49. The van der Waals surface area contributed by atoms with Gasteiger partial charge < -0.3 is 15.4 Å². The second-order valence-corrected chi connectivity index (χ2v) is 8.49. The number of hydrogen-bond acceptors (Lipinski definition) is 4. The van der Waals surface area contributed by atoms with Crippen LogP contribution in [0.25, 0.3) is 0 Å². The van der Waals surface area contributed by atoms with Crippen LogP contribution in [0.15, 0.2) is 48.5 Å². The van der Waals surface area contributed by atoms with Gasteiger partial charge in [0.1, 0.15) is 6.10 Å². The Morgan fingerprint density at radius 2 is 1.78 bits per heavy atom. The molecule has 2 aliphatic carbocycles. The van der Waals surface area contributed by atoms with Crippen LogP contribution in [0.1, 0.15) is 28.8 Å². The highest BCUT2D eigenvalue weighted by Crippen LogP contribution is 2.57. The molecule has 2 N–H and O–H groups in total. The maximum atomic E-state index is 13.2. The Hall–Kier alpha value is -3.36. The molecule has 2 bridgehead atoms. The van der Waals surface area contributed by atoms with Crippen molar-refractivity contribution in [1.82, 2.24) is 0 Å². The quantitative estimate of drug-likeness (QED) is 0.696. The van der Waals surface area contributed by atoms with Gasteiger partial charge in [0.2, 0.25) is 5.91 Å². The lowest BCUT2D eigenvalue weighted by molar-refractivity contribution is -0.145. The molecule has 3 fully saturated rings. The van der Waals surface area contributed by atoms with Crippen molar-refractivity contribution >= 4 is 29.2 Å². The molecule has 1 heterocycles. The molecular formula is C23H19F3N2O4. The first kappa shape index (κ1) is 20.5. The molecular weight excluding hydrogens is 425 g/mol. The summed E-state index contributed by atoms with van der Waals surface area (Å²) in [6.45, 7) is 0. The molecule has 2 amide bonds. The molecule has 32 heavy (non-hydrogen) atoms. The van der Waals surface area contributed by atoms with E-state index >= 15 is 0 Å². The zero-order valence-electron chi connectivity index (χ0n) is 16.7. The van der Waals surface area contributed by atoms with Gasteiger partial charge in [-0.05, 0) is 49.1 Å². The Morgan fingerprint density at radius 3 is 2.56 bits per heavy atom. The van der Waals surface area contributed by atoms with Crippen LogP contribution in [0.4, 0.5) is 24.5 Å². The van der Waals surface area contributed by atoms with Crippen molar-refractivity contribution in [1.29, 1.82) is 0 Å². The number of alkyl halides is 3. The average Bonchev–Trinajstić information content (AvgIpc) is 3.36. The lowest BCUT2D eigenvalue weighted by Crippen LogP contribution is -2.35. The number of hydrogen-bond donors (Lipinski definition) is 2. The van der Waals surface area contributed by atoms with Crippen molar-refractivity contribution in [2.24, 2.45) is 23.7 Å². The molecule has 5 rings (SSSR count). The van der Waals surface area contributed by atoms with Crippen molar-refractivity contribution < 1.29 is 32.3 Å². The fourth-order valence-corrected chi connectivity index (χ4v) is 5.36. The van der Waals surface area contributed by atoms with E-state index in [1.165, 1.54) is 36.4 Å². The molecule has 0 unspecified atom stereocenters. The van der Waals surface area contributed by atoms with Gasteiger partial charge in [-0.15, -0.1) is 0 Å². The van der Waals surface area contributed by atoms with Crippen LogP contribution in [0.2, 0.25) is 0 Å². The number of amides is 2. The number of nitrogens with one attached hydrogen (secondary N) is 2. The number of halogens is 3. The fourth-order valence-electron chi connectivity index (χ4n) is 5.36. The molecule has 1 aliphatic heterocycles. The average molecular weight is 444 g/mol. The van der Waals surface area contributed by atoms with Crippen LogP contribution in [0.5, 0.6) is 0 Å². The summed E-state index contributed by atoms with van der Waals surface area (Å²) in [4.78, 5) is 37.6. The summed E-state index contributed by atoms with van der Waals surface area (Å²) < 4.78 is 44.9. The molecule has 1 saturated heterocycles. The summed E-state index contributed by atoms with van der Waals surface area (Å²) in [5, 5.41) is 5.05. The van der Waals surface area contributed by atoms with Gasteiger partial charge in [-0.1, -0.05) is 18.2 Å². The third-order valence-electron chi connectivity index (χ3n) is 6.66. The first-order valence-corrected chi connectivity index (χ1v) is 10.3. The third-order valence-corrected chi connectivity index (χ3v) is 6.66. The summed E-state index contributed by atoms with van der Waals surface area (Å²) in [5.74, 6) is -2.08. The molecule has 6 nitrogen and oxygen atoms in total. The van der Waals surface area contributed by atoms with E-state index < -0.39 is 29.5 Å². The zero-order valence-corrected chi connectivity index (χ0v) is 16.7. The lowest BCUT2D eigenvalue weighted by Gasteiger charge is -2.23. The second kappa shape index (κ2) is 7.36. The number of carbonyl (C=O) groups excluding carboxylic acids is 3.